The lowest BCUT2D eigenvalue weighted by atomic mass is 9.95. The fourth-order valence-corrected chi connectivity index (χ4v) is 6.19. The Labute approximate surface area is 216 Å². The van der Waals surface area contributed by atoms with Gasteiger partial charge >= 0.3 is 12.1 Å². The molecule has 0 radical (unpaired) electrons. The number of hydrogen-bond donors (Lipinski definition) is 4. The van der Waals surface area contributed by atoms with Crippen molar-refractivity contribution in [2.24, 2.45) is 0 Å². The zero-order valence-electron chi connectivity index (χ0n) is 20.4. The Morgan fingerprint density at radius 3 is 2.58 bits per heavy atom. The van der Waals surface area contributed by atoms with Crippen molar-refractivity contribution in [2.75, 3.05) is 0 Å². The van der Waals surface area contributed by atoms with Crippen LogP contribution in [0, 0.1) is 10.7 Å². The molecule has 0 aliphatic carbocycles. The molecule has 2 aliphatic rings. The maximum absolute atomic E-state index is 13.4. The van der Waals surface area contributed by atoms with E-state index in [2.05, 4.69) is 10.6 Å². The molecular formula is C23H28N4O7S2. The Morgan fingerprint density at radius 2 is 2.00 bits per heavy atom. The Bertz CT molecular complexity index is 1130. The van der Waals surface area contributed by atoms with Crippen LogP contribution in [0.2, 0.25) is 0 Å². The maximum atomic E-state index is 13.4. The summed E-state index contributed by atoms with van der Waals surface area (Å²) in [6.45, 7) is 8.45. The van der Waals surface area contributed by atoms with E-state index < -0.39 is 57.7 Å². The number of thiocyanates is 1. The summed E-state index contributed by atoms with van der Waals surface area (Å²) in [7, 11) is 0. The number of hydrogen-bond acceptors (Lipinski definition) is 9. The van der Waals surface area contributed by atoms with E-state index in [-0.39, 0.29) is 11.5 Å². The van der Waals surface area contributed by atoms with Crippen molar-refractivity contribution in [3.8, 4) is 11.2 Å². The number of fused-ring (bicyclic) bond motifs is 1. The first-order valence-corrected chi connectivity index (χ1v) is 12.9. The van der Waals surface area contributed by atoms with Gasteiger partial charge in [0.25, 0.3) is 0 Å². The first kappa shape index (κ1) is 27.5. The van der Waals surface area contributed by atoms with Crippen molar-refractivity contribution < 1.29 is 34.1 Å². The van der Waals surface area contributed by atoms with Gasteiger partial charge in [-0.1, -0.05) is 6.07 Å². The number of carboxylic acids is 1. The number of rotatable bonds is 7. The third kappa shape index (κ3) is 5.65. The summed E-state index contributed by atoms with van der Waals surface area (Å²) in [5, 5.41) is 35.1. The molecule has 2 fully saturated rings. The molecule has 2 aliphatic heterocycles. The normalized spacial score (nSPS) is 23.1. The number of nitrogens with zero attached hydrogens (tertiary/aromatic N) is 2. The fourth-order valence-electron chi connectivity index (χ4n) is 4.12. The molecule has 4 atom stereocenters. The molecule has 0 aromatic heterocycles. The molecule has 1 aromatic carbocycles. The monoisotopic (exact) mass is 536 g/mol. The topological polar surface area (TPSA) is 169 Å². The molecule has 2 heterocycles. The van der Waals surface area contributed by atoms with Gasteiger partial charge in [0.05, 0.1) is 0 Å². The Morgan fingerprint density at radius 1 is 1.33 bits per heavy atom. The highest BCUT2D eigenvalue weighted by molar-refractivity contribution is 8.03. The summed E-state index contributed by atoms with van der Waals surface area (Å²) in [4.78, 5) is 51.7. The molecular weight excluding hydrogens is 508 g/mol. The van der Waals surface area contributed by atoms with Gasteiger partial charge in [-0.3, -0.25) is 9.59 Å². The highest BCUT2D eigenvalue weighted by Crippen LogP contribution is 2.50. The number of phenolic OH excluding ortho intramolecular Hbond substituents is 1. The number of phenols is 1. The second-order valence-electron chi connectivity index (χ2n) is 9.93. The molecule has 13 heteroatoms. The average molecular weight is 537 g/mol. The number of amides is 3. The molecule has 36 heavy (non-hydrogen) atoms. The van der Waals surface area contributed by atoms with Crippen molar-refractivity contribution in [3.05, 3.63) is 29.3 Å². The molecule has 0 bridgehead atoms. The molecule has 4 unspecified atom stereocenters. The van der Waals surface area contributed by atoms with Crippen LogP contribution in [0.3, 0.4) is 0 Å². The minimum Gasteiger partial charge on any atom is -0.508 e. The summed E-state index contributed by atoms with van der Waals surface area (Å²) in [6.07, 6.45) is -0.868. The number of thioether (sulfide) groups is 2. The predicted octanol–water partition coefficient (Wildman–Crippen LogP) is 2.30. The number of carbonyl (C=O) groups excluding carboxylic acids is 3. The number of alkyl carbamates (subject to hydrolysis) is 1. The maximum Gasteiger partial charge on any atom is 0.408 e. The van der Waals surface area contributed by atoms with E-state index in [0.29, 0.717) is 11.1 Å². The standard InChI is InChI=1S/C23H28N4O7S2/c1-22(2,3)34-21(33)26-14(11-6-7-13(28)12(8-11)9-35-10-24)17(29)25-15-18(30)27-16(20(31)32)23(4,5)36-19(15)27/h6-8,14-16,19,28H,9H2,1-5H3,(H,25,29)(H,26,33)(H,31,32). The lowest BCUT2D eigenvalue weighted by Gasteiger charge is -2.44. The van der Waals surface area contributed by atoms with E-state index in [9.17, 15) is 29.4 Å². The number of nitrogens with one attached hydrogen (secondary N) is 2. The Kier molecular flexibility index (Phi) is 7.71. The molecule has 0 saturated carbocycles. The second-order valence-corrected chi connectivity index (χ2v) is 12.5. The molecule has 4 N–H and O–H groups in total. The molecule has 194 valence electrons. The third-order valence-electron chi connectivity index (χ3n) is 5.63. The summed E-state index contributed by atoms with van der Waals surface area (Å²) < 4.78 is 4.53. The summed E-state index contributed by atoms with van der Waals surface area (Å²) in [5.41, 5.74) is -0.154. The molecule has 3 rings (SSSR count). The van der Waals surface area contributed by atoms with E-state index in [1.54, 1.807) is 34.6 Å². The van der Waals surface area contributed by atoms with E-state index in [4.69, 9.17) is 10.00 Å². The largest absolute Gasteiger partial charge is 0.508 e. The van der Waals surface area contributed by atoms with Gasteiger partial charge in [-0.15, -0.1) is 11.8 Å². The smallest absolute Gasteiger partial charge is 0.408 e. The van der Waals surface area contributed by atoms with Crippen LogP contribution >= 0.6 is 23.5 Å². The van der Waals surface area contributed by atoms with Gasteiger partial charge in [0.15, 0.2) is 0 Å². The lowest BCUT2D eigenvalue weighted by molar-refractivity contribution is -0.161. The van der Waals surface area contributed by atoms with Crippen LogP contribution in [0.15, 0.2) is 18.2 Å². The van der Waals surface area contributed by atoms with Gasteiger partial charge in [0.2, 0.25) is 11.8 Å². The number of carbonyl (C=O) groups is 4. The summed E-state index contributed by atoms with van der Waals surface area (Å²) >= 11 is 2.18. The highest BCUT2D eigenvalue weighted by Gasteiger charge is 2.64. The third-order valence-corrected chi connectivity index (χ3v) is 7.78. The first-order valence-electron chi connectivity index (χ1n) is 11.0. The molecule has 3 amide bonds. The van der Waals surface area contributed by atoms with Crippen molar-refractivity contribution >= 4 is 47.4 Å². The van der Waals surface area contributed by atoms with Crippen LogP contribution in [-0.4, -0.2) is 66.8 Å². The number of ether oxygens (including phenoxy) is 1. The average Bonchev–Trinajstić information content (AvgIpc) is 3.02. The van der Waals surface area contributed by atoms with Crippen LogP contribution in [0.25, 0.3) is 0 Å². The van der Waals surface area contributed by atoms with Crippen molar-refractivity contribution in [2.45, 2.75) is 74.2 Å². The van der Waals surface area contributed by atoms with Crippen molar-refractivity contribution in [3.63, 3.8) is 0 Å². The van der Waals surface area contributed by atoms with Crippen LogP contribution in [0.1, 0.15) is 51.8 Å². The minimum atomic E-state index is -1.29. The van der Waals surface area contributed by atoms with Gasteiger partial charge in [-0.25, -0.2) is 9.59 Å². The number of benzene rings is 1. The minimum absolute atomic E-state index is 0.0768. The van der Waals surface area contributed by atoms with Gasteiger partial charge in [0, 0.05) is 16.1 Å². The Balaban J connectivity index is 1.86. The number of β-lactam (4-membered cyclic amide) rings is 1. The Hall–Kier alpha value is -3.11. The first-order chi connectivity index (χ1) is 16.7. The lowest BCUT2D eigenvalue weighted by Crippen LogP contribution is -2.71. The van der Waals surface area contributed by atoms with Crippen molar-refractivity contribution in [1.82, 2.24) is 15.5 Å². The fraction of sp³-hybridized carbons (Fsp3) is 0.522. The van der Waals surface area contributed by atoms with Gasteiger partial charge in [-0.05, 0) is 64.1 Å². The van der Waals surface area contributed by atoms with Crippen LogP contribution in [0.4, 0.5) is 4.79 Å². The van der Waals surface area contributed by atoms with Gasteiger partial charge < -0.3 is 30.5 Å². The van der Waals surface area contributed by atoms with Gasteiger partial charge in [0.1, 0.15) is 40.3 Å². The SMILES string of the molecule is CC(C)(C)OC(=O)NC(C(=O)NC1C(=O)N2C1SC(C)(C)C2C(=O)O)c1ccc(O)c(CSC#N)c1. The predicted molar refractivity (Wildman–Crippen MR) is 133 cm³/mol. The van der Waals surface area contributed by atoms with Gasteiger partial charge in [-0.2, -0.15) is 5.26 Å². The molecule has 2 saturated heterocycles. The highest BCUT2D eigenvalue weighted by atomic mass is 32.2. The quantitative estimate of drug-likeness (QED) is 0.300. The van der Waals surface area contributed by atoms with E-state index in [0.717, 1.165) is 11.8 Å². The van der Waals surface area contributed by atoms with Crippen LogP contribution in [0.5, 0.6) is 5.75 Å². The van der Waals surface area contributed by atoms with Crippen molar-refractivity contribution in [1.29, 1.82) is 5.26 Å². The zero-order valence-corrected chi connectivity index (χ0v) is 22.0. The van der Waals surface area contributed by atoms with E-state index in [1.807, 2.05) is 5.40 Å². The van der Waals surface area contributed by atoms with E-state index in [1.165, 1.54) is 34.9 Å². The van der Waals surface area contributed by atoms with Crippen LogP contribution < -0.4 is 10.6 Å². The second kappa shape index (κ2) is 10.1. The molecule has 1 aromatic rings. The number of aliphatic carboxylic acids is 1. The number of nitriles is 1. The zero-order chi connectivity index (χ0) is 27.0. The number of carboxylic acid groups (broad SMARTS) is 1. The number of aromatic hydroxyl groups is 1. The summed E-state index contributed by atoms with van der Waals surface area (Å²) in [5.74, 6) is -2.28. The van der Waals surface area contributed by atoms with E-state index >= 15 is 0 Å². The molecule has 11 nitrogen and oxygen atoms in total. The van der Waals surface area contributed by atoms with Crippen LogP contribution in [-0.2, 0) is 24.9 Å². The molecule has 0 spiro atoms. The summed E-state index contributed by atoms with van der Waals surface area (Å²) in [6, 6.07) is 0.997.